The maximum atomic E-state index is 11.1. The minimum atomic E-state index is -0.174. The van der Waals surface area contributed by atoms with E-state index in [1.165, 1.54) is 0 Å². The van der Waals surface area contributed by atoms with Crippen LogP contribution in [0, 0.1) is 12.8 Å². The van der Waals surface area contributed by atoms with Crippen LogP contribution in [0.4, 0.5) is 5.69 Å². The smallest absolute Gasteiger partial charge is 0.220 e. The molecule has 3 nitrogen and oxygen atoms in total. The van der Waals surface area contributed by atoms with E-state index in [1.807, 2.05) is 19.1 Å². The quantitative estimate of drug-likeness (QED) is 0.878. The van der Waals surface area contributed by atoms with Crippen molar-refractivity contribution in [2.45, 2.75) is 19.8 Å². The zero-order chi connectivity index (χ0) is 12.4. The summed E-state index contributed by atoms with van der Waals surface area (Å²) in [5, 5.41) is 0.791. The van der Waals surface area contributed by atoms with E-state index in [-0.39, 0.29) is 11.8 Å². The second-order valence-electron chi connectivity index (χ2n) is 4.60. The normalized spacial score (nSPS) is 17.2. The predicted molar refractivity (Wildman–Crippen MR) is 70.3 cm³/mol. The molecule has 1 aromatic rings. The fraction of sp³-hybridized carbons (Fsp3) is 0.462. The number of nitrogens with zero attached hydrogens (tertiary/aromatic N) is 1. The number of rotatable bonds is 2. The number of primary amides is 1. The van der Waals surface area contributed by atoms with Crippen molar-refractivity contribution in [3.05, 3.63) is 28.8 Å². The highest BCUT2D eigenvalue weighted by atomic mass is 35.5. The molecule has 1 saturated heterocycles. The molecule has 1 aliphatic rings. The highest BCUT2D eigenvalue weighted by Gasteiger charge is 2.23. The lowest BCUT2D eigenvalue weighted by Gasteiger charge is -2.32. The molecular formula is C13H17ClN2O. The second kappa shape index (κ2) is 4.96. The third-order valence-electron chi connectivity index (χ3n) is 3.42. The molecule has 1 aliphatic heterocycles. The van der Waals surface area contributed by atoms with Gasteiger partial charge in [-0.15, -0.1) is 0 Å². The summed E-state index contributed by atoms with van der Waals surface area (Å²) in [5.74, 6) is -0.140. The molecule has 1 aromatic carbocycles. The summed E-state index contributed by atoms with van der Waals surface area (Å²) in [6.07, 6.45) is 1.67. The van der Waals surface area contributed by atoms with Gasteiger partial charge in [0.25, 0.3) is 0 Å². The van der Waals surface area contributed by atoms with Crippen LogP contribution in [-0.4, -0.2) is 19.0 Å². The molecule has 0 radical (unpaired) electrons. The summed E-state index contributed by atoms with van der Waals surface area (Å²) < 4.78 is 0. The summed E-state index contributed by atoms with van der Waals surface area (Å²) in [6, 6.07) is 6.09. The largest absolute Gasteiger partial charge is 0.371 e. The SMILES string of the molecule is Cc1ccc(N2CCC(C(N)=O)CC2)cc1Cl. The molecule has 0 bridgehead atoms. The number of piperidine rings is 1. The van der Waals surface area contributed by atoms with Crippen LogP contribution >= 0.6 is 11.6 Å². The Kier molecular flexibility index (Phi) is 3.57. The number of hydrogen-bond donors (Lipinski definition) is 1. The highest BCUT2D eigenvalue weighted by molar-refractivity contribution is 6.31. The fourth-order valence-corrected chi connectivity index (χ4v) is 2.38. The van der Waals surface area contributed by atoms with Crippen molar-refractivity contribution in [2.24, 2.45) is 11.7 Å². The fourth-order valence-electron chi connectivity index (χ4n) is 2.20. The van der Waals surface area contributed by atoms with E-state index in [4.69, 9.17) is 17.3 Å². The number of aryl methyl sites for hydroxylation is 1. The number of anilines is 1. The molecule has 0 spiro atoms. The first-order chi connectivity index (χ1) is 8.08. The van der Waals surface area contributed by atoms with Gasteiger partial charge < -0.3 is 10.6 Å². The Labute approximate surface area is 107 Å². The Balaban J connectivity index is 2.05. The molecule has 0 atom stereocenters. The zero-order valence-corrected chi connectivity index (χ0v) is 10.7. The average Bonchev–Trinajstić information content (AvgIpc) is 2.33. The van der Waals surface area contributed by atoms with E-state index < -0.39 is 0 Å². The van der Waals surface area contributed by atoms with E-state index >= 15 is 0 Å². The standard InChI is InChI=1S/C13H17ClN2O/c1-9-2-3-11(8-12(9)14)16-6-4-10(5-7-16)13(15)17/h2-3,8,10H,4-7H2,1H3,(H2,15,17). The van der Waals surface area contributed by atoms with E-state index in [0.717, 1.165) is 42.2 Å². The van der Waals surface area contributed by atoms with Gasteiger partial charge in [0.15, 0.2) is 0 Å². The van der Waals surface area contributed by atoms with Crippen molar-refractivity contribution in [3.63, 3.8) is 0 Å². The first kappa shape index (κ1) is 12.2. The monoisotopic (exact) mass is 252 g/mol. The lowest BCUT2D eigenvalue weighted by molar-refractivity contribution is -0.122. The topological polar surface area (TPSA) is 46.3 Å². The Hall–Kier alpha value is -1.22. The van der Waals surface area contributed by atoms with Crippen LogP contribution in [0.2, 0.25) is 5.02 Å². The van der Waals surface area contributed by atoms with Gasteiger partial charge in [0.05, 0.1) is 0 Å². The second-order valence-corrected chi connectivity index (χ2v) is 5.00. The average molecular weight is 253 g/mol. The molecule has 1 amide bonds. The summed E-state index contributed by atoms with van der Waals surface area (Å²) in [4.78, 5) is 13.3. The van der Waals surface area contributed by atoms with Crippen LogP contribution < -0.4 is 10.6 Å². The summed E-state index contributed by atoms with van der Waals surface area (Å²) in [5.41, 5.74) is 7.53. The number of halogens is 1. The van der Waals surface area contributed by atoms with Crippen molar-refractivity contribution in [1.82, 2.24) is 0 Å². The molecule has 0 aliphatic carbocycles. The predicted octanol–water partition coefficient (Wildman–Crippen LogP) is 2.35. The minimum Gasteiger partial charge on any atom is -0.371 e. The van der Waals surface area contributed by atoms with Crippen LogP contribution in [0.15, 0.2) is 18.2 Å². The first-order valence-electron chi connectivity index (χ1n) is 5.88. The first-order valence-corrected chi connectivity index (χ1v) is 6.26. The van der Waals surface area contributed by atoms with Crippen LogP contribution in [0.3, 0.4) is 0 Å². The minimum absolute atomic E-state index is 0.0344. The van der Waals surface area contributed by atoms with Crippen LogP contribution in [-0.2, 0) is 4.79 Å². The Morgan fingerprint density at radius 2 is 2.06 bits per heavy atom. The van der Waals surface area contributed by atoms with Crippen molar-refractivity contribution in [2.75, 3.05) is 18.0 Å². The van der Waals surface area contributed by atoms with Gasteiger partial charge in [-0.3, -0.25) is 4.79 Å². The maximum absolute atomic E-state index is 11.1. The van der Waals surface area contributed by atoms with Gasteiger partial charge in [0, 0.05) is 29.7 Å². The van der Waals surface area contributed by atoms with Crippen LogP contribution in [0.5, 0.6) is 0 Å². The van der Waals surface area contributed by atoms with Crippen molar-refractivity contribution in [1.29, 1.82) is 0 Å². The van der Waals surface area contributed by atoms with Gasteiger partial charge in [-0.2, -0.15) is 0 Å². The third-order valence-corrected chi connectivity index (χ3v) is 3.83. The van der Waals surface area contributed by atoms with E-state index in [0.29, 0.717) is 0 Å². The Bertz CT molecular complexity index is 425. The van der Waals surface area contributed by atoms with Crippen molar-refractivity contribution in [3.8, 4) is 0 Å². The van der Waals surface area contributed by atoms with Crippen molar-refractivity contribution < 1.29 is 4.79 Å². The van der Waals surface area contributed by atoms with Gasteiger partial charge in [-0.1, -0.05) is 17.7 Å². The molecule has 2 N–H and O–H groups in total. The van der Waals surface area contributed by atoms with Gasteiger partial charge in [0.2, 0.25) is 5.91 Å². The summed E-state index contributed by atoms with van der Waals surface area (Å²) in [6.45, 7) is 3.73. The lowest BCUT2D eigenvalue weighted by Crippen LogP contribution is -2.38. The Morgan fingerprint density at radius 1 is 1.41 bits per heavy atom. The van der Waals surface area contributed by atoms with E-state index in [1.54, 1.807) is 0 Å². The molecule has 92 valence electrons. The molecule has 1 heterocycles. The molecule has 0 unspecified atom stereocenters. The number of carbonyl (C=O) groups excluding carboxylic acids is 1. The van der Waals surface area contributed by atoms with Gasteiger partial charge in [-0.05, 0) is 37.5 Å². The lowest BCUT2D eigenvalue weighted by atomic mass is 9.96. The van der Waals surface area contributed by atoms with Crippen LogP contribution in [0.25, 0.3) is 0 Å². The molecule has 17 heavy (non-hydrogen) atoms. The number of nitrogens with two attached hydrogens (primary N) is 1. The molecule has 0 aromatic heterocycles. The molecule has 0 saturated carbocycles. The maximum Gasteiger partial charge on any atom is 0.220 e. The summed E-state index contributed by atoms with van der Waals surface area (Å²) in [7, 11) is 0. The van der Waals surface area contributed by atoms with E-state index in [2.05, 4.69) is 11.0 Å². The zero-order valence-electron chi connectivity index (χ0n) is 9.95. The molecule has 2 rings (SSSR count). The molecule has 1 fully saturated rings. The molecular weight excluding hydrogens is 236 g/mol. The van der Waals surface area contributed by atoms with Crippen molar-refractivity contribution >= 4 is 23.2 Å². The Morgan fingerprint density at radius 3 is 2.59 bits per heavy atom. The number of hydrogen-bond acceptors (Lipinski definition) is 2. The third kappa shape index (κ3) is 2.72. The molecule has 4 heteroatoms. The number of benzene rings is 1. The number of amides is 1. The van der Waals surface area contributed by atoms with Crippen LogP contribution in [0.1, 0.15) is 18.4 Å². The van der Waals surface area contributed by atoms with Gasteiger partial charge in [0.1, 0.15) is 0 Å². The van der Waals surface area contributed by atoms with Gasteiger partial charge in [-0.25, -0.2) is 0 Å². The highest BCUT2D eigenvalue weighted by Crippen LogP contribution is 2.27. The number of carbonyl (C=O) groups is 1. The van der Waals surface area contributed by atoms with Gasteiger partial charge >= 0.3 is 0 Å². The van der Waals surface area contributed by atoms with E-state index in [9.17, 15) is 4.79 Å². The summed E-state index contributed by atoms with van der Waals surface area (Å²) >= 11 is 6.11.